The van der Waals surface area contributed by atoms with E-state index in [1.54, 1.807) is 14.0 Å². The summed E-state index contributed by atoms with van der Waals surface area (Å²) in [6.45, 7) is 1.16. The Morgan fingerprint density at radius 1 is 1.32 bits per heavy atom. The Hall–Kier alpha value is -0.820. The fraction of sp³-hybridized carbons (Fsp3) is 0.917. The molecule has 0 amide bonds. The molecule has 0 aromatic carbocycles. The Balaban J connectivity index is 3.99. The number of alkyl halides is 3. The minimum atomic E-state index is -4.17. The number of likely N-dealkylation sites (N-methyl/N-ethyl adjacent to an activating group) is 1. The van der Waals surface area contributed by atoms with Crippen LogP contribution in [0.15, 0.2) is 0 Å². The number of nitrogens with one attached hydrogen (secondary N) is 1. The topological polar surface area (TPSA) is 41.6 Å². The van der Waals surface area contributed by atoms with Crippen molar-refractivity contribution in [3.8, 4) is 0 Å². The number of carbonyl (C=O) groups excluding carboxylic acids is 1. The molecule has 0 aromatic heterocycles. The molecule has 0 radical (unpaired) electrons. The summed E-state index contributed by atoms with van der Waals surface area (Å²) in [5.74, 6) is -0.362. The van der Waals surface area contributed by atoms with Gasteiger partial charge in [-0.3, -0.25) is 9.69 Å². The van der Waals surface area contributed by atoms with Gasteiger partial charge in [-0.25, -0.2) is 0 Å². The Morgan fingerprint density at radius 2 is 1.89 bits per heavy atom. The van der Waals surface area contributed by atoms with Gasteiger partial charge in [0.15, 0.2) is 0 Å². The number of hydrogen-bond donors (Lipinski definition) is 1. The molecule has 0 saturated heterocycles. The van der Waals surface area contributed by atoms with Gasteiger partial charge in [-0.2, -0.15) is 13.2 Å². The van der Waals surface area contributed by atoms with Crippen molar-refractivity contribution >= 4 is 5.97 Å². The van der Waals surface area contributed by atoms with Crippen molar-refractivity contribution in [1.29, 1.82) is 0 Å². The van der Waals surface area contributed by atoms with Gasteiger partial charge in [-0.1, -0.05) is 0 Å². The van der Waals surface area contributed by atoms with Crippen molar-refractivity contribution in [1.82, 2.24) is 10.2 Å². The lowest BCUT2D eigenvalue weighted by Crippen LogP contribution is -2.48. The summed E-state index contributed by atoms with van der Waals surface area (Å²) in [4.78, 5) is 12.8. The summed E-state index contributed by atoms with van der Waals surface area (Å²) in [7, 11) is 4.41. The van der Waals surface area contributed by atoms with E-state index in [9.17, 15) is 18.0 Å². The van der Waals surface area contributed by atoms with E-state index in [-0.39, 0.29) is 5.97 Å². The summed E-state index contributed by atoms with van der Waals surface area (Å²) < 4.78 is 41.0. The highest BCUT2D eigenvalue weighted by Crippen LogP contribution is 2.17. The van der Waals surface area contributed by atoms with Crippen molar-refractivity contribution in [3.63, 3.8) is 0 Å². The molecule has 0 spiro atoms. The van der Waals surface area contributed by atoms with Crippen molar-refractivity contribution < 1.29 is 22.7 Å². The standard InChI is InChI=1S/C12H23F3N2O2/c1-11(16-2,10(18)19-4)7-5-6-8-17(3)9-12(13,14)15/h16H,5-9H2,1-4H3. The van der Waals surface area contributed by atoms with E-state index in [1.807, 2.05) is 0 Å². The van der Waals surface area contributed by atoms with Crippen LogP contribution in [-0.4, -0.2) is 56.9 Å². The smallest absolute Gasteiger partial charge is 0.401 e. The average molecular weight is 284 g/mol. The van der Waals surface area contributed by atoms with Crippen LogP contribution in [0.5, 0.6) is 0 Å². The summed E-state index contributed by atoms with van der Waals surface area (Å²) in [5.41, 5.74) is -0.780. The third-order valence-corrected chi connectivity index (χ3v) is 3.10. The summed E-state index contributed by atoms with van der Waals surface area (Å²) >= 11 is 0. The molecule has 0 aliphatic heterocycles. The van der Waals surface area contributed by atoms with E-state index in [1.165, 1.54) is 19.1 Å². The third-order valence-electron chi connectivity index (χ3n) is 3.10. The van der Waals surface area contributed by atoms with E-state index in [0.29, 0.717) is 25.8 Å². The fourth-order valence-corrected chi connectivity index (χ4v) is 1.80. The number of halogens is 3. The molecule has 1 N–H and O–H groups in total. The maximum absolute atomic E-state index is 12.1. The van der Waals surface area contributed by atoms with Crippen LogP contribution in [0.3, 0.4) is 0 Å². The van der Waals surface area contributed by atoms with Crippen LogP contribution in [0.4, 0.5) is 13.2 Å². The third kappa shape index (κ3) is 7.37. The highest BCUT2D eigenvalue weighted by Gasteiger charge is 2.32. The molecule has 0 heterocycles. The first kappa shape index (κ1) is 18.2. The Labute approximate surface area is 112 Å². The SMILES string of the molecule is CNC(C)(CCCCN(C)CC(F)(F)F)C(=O)OC. The quantitative estimate of drug-likeness (QED) is 0.545. The number of ether oxygens (including phenoxy) is 1. The van der Waals surface area contributed by atoms with E-state index in [0.717, 1.165) is 0 Å². The van der Waals surface area contributed by atoms with Crippen molar-refractivity contribution in [2.45, 2.75) is 37.9 Å². The van der Waals surface area contributed by atoms with E-state index in [2.05, 4.69) is 10.1 Å². The van der Waals surface area contributed by atoms with Crippen LogP contribution >= 0.6 is 0 Å². The van der Waals surface area contributed by atoms with E-state index < -0.39 is 18.3 Å². The van der Waals surface area contributed by atoms with Crippen LogP contribution in [0.2, 0.25) is 0 Å². The number of unbranched alkanes of at least 4 members (excludes halogenated alkanes) is 1. The lowest BCUT2D eigenvalue weighted by molar-refractivity contribution is -0.148. The second-order valence-corrected chi connectivity index (χ2v) is 4.88. The molecule has 0 aliphatic carbocycles. The molecular formula is C12H23F3N2O2. The van der Waals surface area contributed by atoms with Crippen LogP contribution < -0.4 is 5.32 Å². The minimum Gasteiger partial charge on any atom is -0.468 e. The molecule has 1 atom stereocenters. The van der Waals surface area contributed by atoms with Gasteiger partial charge >= 0.3 is 12.1 Å². The lowest BCUT2D eigenvalue weighted by Gasteiger charge is -2.26. The minimum absolute atomic E-state index is 0.348. The summed E-state index contributed by atoms with van der Waals surface area (Å²) in [5, 5.41) is 2.89. The zero-order chi connectivity index (χ0) is 15.1. The first-order valence-electron chi connectivity index (χ1n) is 6.17. The number of methoxy groups -OCH3 is 1. The molecule has 19 heavy (non-hydrogen) atoms. The van der Waals surface area contributed by atoms with Crippen LogP contribution in [0.25, 0.3) is 0 Å². The number of carbonyl (C=O) groups is 1. The zero-order valence-corrected chi connectivity index (χ0v) is 11.9. The van der Waals surface area contributed by atoms with Gasteiger partial charge in [-0.05, 0) is 46.8 Å². The maximum atomic E-state index is 12.1. The van der Waals surface area contributed by atoms with E-state index in [4.69, 9.17) is 0 Å². The van der Waals surface area contributed by atoms with E-state index >= 15 is 0 Å². The number of hydrogen-bond acceptors (Lipinski definition) is 4. The molecular weight excluding hydrogens is 261 g/mol. The zero-order valence-electron chi connectivity index (χ0n) is 11.9. The van der Waals surface area contributed by atoms with Crippen LogP contribution in [-0.2, 0) is 9.53 Å². The normalized spacial score (nSPS) is 15.4. The molecule has 0 rings (SSSR count). The predicted molar refractivity (Wildman–Crippen MR) is 66.9 cm³/mol. The number of esters is 1. The highest BCUT2D eigenvalue weighted by atomic mass is 19.4. The van der Waals surface area contributed by atoms with Crippen molar-refractivity contribution in [2.24, 2.45) is 0 Å². The Bertz CT molecular complexity index is 285. The van der Waals surface area contributed by atoms with Gasteiger partial charge in [0.1, 0.15) is 5.54 Å². The van der Waals surface area contributed by atoms with Crippen LogP contribution in [0, 0.1) is 0 Å². The van der Waals surface area contributed by atoms with Crippen LogP contribution in [0.1, 0.15) is 26.2 Å². The molecule has 114 valence electrons. The molecule has 0 aliphatic rings. The molecule has 7 heteroatoms. The largest absolute Gasteiger partial charge is 0.468 e. The average Bonchev–Trinajstić information content (AvgIpc) is 2.31. The molecule has 4 nitrogen and oxygen atoms in total. The monoisotopic (exact) mass is 284 g/mol. The Kier molecular flexibility index (Phi) is 7.36. The first-order valence-corrected chi connectivity index (χ1v) is 6.17. The van der Waals surface area contributed by atoms with Gasteiger partial charge in [0.25, 0.3) is 0 Å². The molecule has 0 fully saturated rings. The molecule has 0 saturated carbocycles. The van der Waals surface area contributed by atoms with Gasteiger partial charge in [0.05, 0.1) is 13.7 Å². The number of rotatable bonds is 8. The highest BCUT2D eigenvalue weighted by molar-refractivity contribution is 5.80. The second kappa shape index (κ2) is 7.69. The van der Waals surface area contributed by atoms with Gasteiger partial charge in [-0.15, -0.1) is 0 Å². The molecule has 0 aromatic rings. The van der Waals surface area contributed by atoms with Gasteiger partial charge in [0, 0.05) is 0 Å². The molecule has 1 unspecified atom stereocenters. The molecule has 0 bridgehead atoms. The predicted octanol–water partition coefficient (Wildman–Crippen LogP) is 1.80. The number of nitrogens with zero attached hydrogens (tertiary/aromatic N) is 1. The summed E-state index contributed by atoms with van der Waals surface area (Å²) in [6.07, 6.45) is -2.40. The summed E-state index contributed by atoms with van der Waals surface area (Å²) in [6, 6.07) is 0. The van der Waals surface area contributed by atoms with Crippen molar-refractivity contribution in [3.05, 3.63) is 0 Å². The first-order chi connectivity index (χ1) is 8.64. The maximum Gasteiger partial charge on any atom is 0.401 e. The Morgan fingerprint density at radius 3 is 2.32 bits per heavy atom. The second-order valence-electron chi connectivity index (χ2n) is 4.88. The fourth-order valence-electron chi connectivity index (χ4n) is 1.80. The van der Waals surface area contributed by atoms with Crippen molar-refractivity contribution in [2.75, 3.05) is 34.3 Å². The lowest BCUT2D eigenvalue weighted by atomic mass is 9.95. The van der Waals surface area contributed by atoms with Gasteiger partial charge < -0.3 is 10.1 Å². The van der Waals surface area contributed by atoms with Gasteiger partial charge in [0.2, 0.25) is 0 Å².